The van der Waals surface area contributed by atoms with E-state index < -0.39 is 11.6 Å². The molecule has 3 N–H and O–H groups in total. The Morgan fingerprint density at radius 2 is 1.84 bits per heavy atom. The van der Waals surface area contributed by atoms with Gasteiger partial charge in [0.1, 0.15) is 17.4 Å². The lowest BCUT2D eigenvalue weighted by Crippen LogP contribution is -2.12. The third kappa shape index (κ3) is 3.08. The highest BCUT2D eigenvalue weighted by Gasteiger charge is 2.12. The van der Waals surface area contributed by atoms with Crippen LogP contribution in [0, 0.1) is 17.0 Å². The molecule has 0 aliphatic rings. The van der Waals surface area contributed by atoms with Crippen molar-refractivity contribution >= 4 is 21.8 Å². The molecule has 0 aliphatic heterocycles. The first-order valence-electron chi connectivity index (χ1n) is 5.24. The van der Waals surface area contributed by atoms with Crippen LogP contribution < -0.4 is 10.5 Å². The van der Waals surface area contributed by atoms with Crippen molar-refractivity contribution in [3.8, 4) is 11.5 Å². The lowest BCUT2D eigenvalue weighted by Gasteiger charge is -2.11. The summed E-state index contributed by atoms with van der Waals surface area (Å²) in [6, 6.07) is 7.63. The Hall–Kier alpha value is -1.95. The van der Waals surface area contributed by atoms with E-state index in [1.54, 1.807) is 12.1 Å². The largest absolute Gasteiger partial charge is 0.453 e. The van der Waals surface area contributed by atoms with E-state index in [0.29, 0.717) is 4.47 Å². The van der Waals surface area contributed by atoms with Gasteiger partial charge in [-0.25, -0.2) is 8.78 Å². The van der Waals surface area contributed by atoms with Crippen LogP contribution in [0.2, 0.25) is 0 Å². The van der Waals surface area contributed by atoms with Crippen molar-refractivity contribution in [2.45, 2.75) is 0 Å². The highest BCUT2D eigenvalue weighted by molar-refractivity contribution is 9.10. The lowest BCUT2D eigenvalue weighted by molar-refractivity contribution is 0.435. The molecule has 0 fully saturated rings. The number of amidine groups is 1. The van der Waals surface area contributed by atoms with E-state index in [-0.39, 0.29) is 22.9 Å². The number of nitrogens with two attached hydrogens (primary N) is 1. The molecule has 0 amide bonds. The predicted octanol–water partition coefficient (Wildman–Crippen LogP) is 3.80. The van der Waals surface area contributed by atoms with E-state index in [1.165, 1.54) is 6.07 Å². The summed E-state index contributed by atoms with van der Waals surface area (Å²) in [7, 11) is 0. The molecule has 0 aliphatic carbocycles. The van der Waals surface area contributed by atoms with Gasteiger partial charge >= 0.3 is 0 Å². The van der Waals surface area contributed by atoms with Crippen LogP contribution in [0.3, 0.4) is 0 Å². The molecule has 0 radical (unpaired) electrons. The molecule has 2 aromatic carbocycles. The Kier molecular flexibility index (Phi) is 3.80. The molecule has 19 heavy (non-hydrogen) atoms. The number of nitrogen functional groups attached to an aromatic ring is 1. The van der Waals surface area contributed by atoms with E-state index in [2.05, 4.69) is 15.9 Å². The zero-order valence-electron chi connectivity index (χ0n) is 9.58. The smallest absolute Gasteiger partial charge is 0.166 e. The van der Waals surface area contributed by atoms with Crippen molar-refractivity contribution in [3.05, 3.63) is 58.1 Å². The summed E-state index contributed by atoms with van der Waals surface area (Å²) in [5, 5.41) is 7.44. The topological polar surface area (TPSA) is 59.1 Å². The van der Waals surface area contributed by atoms with E-state index >= 15 is 0 Å². The van der Waals surface area contributed by atoms with Gasteiger partial charge in [-0.15, -0.1) is 0 Å². The Bertz CT molecular complexity index is 647. The molecule has 0 atom stereocenters. The van der Waals surface area contributed by atoms with E-state index in [1.807, 2.05) is 0 Å². The van der Waals surface area contributed by atoms with Crippen LogP contribution in [0.25, 0.3) is 0 Å². The van der Waals surface area contributed by atoms with Crippen LogP contribution >= 0.6 is 15.9 Å². The molecule has 0 aromatic heterocycles. The fraction of sp³-hybridized carbons (Fsp3) is 0. The van der Waals surface area contributed by atoms with Crippen LogP contribution in [-0.2, 0) is 0 Å². The lowest BCUT2D eigenvalue weighted by atomic mass is 10.2. The molecule has 0 saturated heterocycles. The van der Waals surface area contributed by atoms with Crippen molar-refractivity contribution in [3.63, 3.8) is 0 Å². The highest BCUT2D eigenvalue weighted by atomic mass is 79.9. The van der Waals surface area contributed by atoms with Crippen LogP contribution in [0.1, 0.15) is 5.56 Å². The Morgan fingerprint density at radius 3 is 2.53 bits per heavy atom. The van der Waals surface area contributed by atoms with Gasteiger partial charge in [-0.05, 0) is 30.3 Å². The molecule has 2 aromatic rings. The summed E-state index contributed by atoms with van der Waals surface area (Å²) < 4.78 is 32.5. The molecule has 0 saturated carbocycles. The number of ether oxygens (including phenoxy) is 1. The monoisotopic (exact) mass is 326 g/mol. The van der Waals surface area contributed by atoms with Crippen molar-refractivity contribution in [1.82, 2.24) is 0 Å². The molecule has 0 bridgehead atoms. The molecule has 0 unspecified atom stereocenters. The molecular weight excluding hydrogens is 318 g/mol. The summed E-state index contributed by atoms with van der Waals surface area (Å²) in [5.41, 5.74) is 5.71. The normalized spacial score (nSPS) is 10.3. The molecule has 3 nitrogen and oxygen atoms in total. The average molecular weight is 327 g/mol. The molecule has 98 valence electrons. The SMILES string of the molecule is N=C(N)c1cc(Br)ccc1Oc1cc(F)ccc1F. The second kappa shape index (κ2) is 5.36. The second-order valence-electron chi connectivity index (χ2n) is 3.73. The van der Waals surface area contributed by atoms with Gasteiger partial charge in [0, 0.05) is 10.5 Å². The van der Waals surface area contributed by atoms with Gasteiger partial charge in [0.2, 0.25) is 0 Å². The first-order chi connectivity index (χ1) is 8.97. The van der Waals surface area contributed by atoms with E-state index in [0.717, 1.165) is 18.2 Å². The predicted molar refractivity (Wildman–Crippen MR) is 71.6 cm³/mol. The van der Waals surface area contributed by atoms with Crippen LogP contribution in [-0.4, -0.2) is 5.84 Å². The van der Waals surface area contributed by atoms with Crippen LogP contribution in [0.4, 0.5) is 8.78 Å². The average Bonchev–Trinajstić information content (AvgIpc) is 2.35. The maximum absolute atomic E-state index is 13.5. The zero-order valence-corrected chi connectivity index (χ0v) is 11.2. The van der Waals surface area contributed by atoms with Gasteiger partial charge in [0.05, 0.1) is 5.56 Å². The van der Waals surface area contributed by atoms with Gasteiger partial charge < -0.3 is 10.5 Å². The number of rotatable bonds is 3. The first-order valence-corrected chi connectivity index (χ1v) is 6.03. The van der Waals surface area contributed by atoms with Gasteiger partial charge in [-0.2, -0.15) is 0 Å². The Balaban J connectivity index is 2.43. The van der Waals surface area contributed by atoms with Crippen molar-refractivity contribution < 1.29 is 13.5 Å². The maximum Gasteiger partial charge on any atom is 0.166 e. The Labute approximate surface area is 116 Å². The fourth-order valence-corrected chi connectivity index (χ4v) is 1.84. The minimum Gasteiger partial charge on any atom is -0.453 e. The van der Waals surface area contributed by atoms with E-state index in [4.69, 9.17) is 15.9 Å². The fourth-order valence-electron chi connectivity index (χ4n) is 1.48. The van der Waals surface area contributed by atoms with E-state index in [9.17, 15) is 8.78 Å². The highest BCUT2D eigenvalue weighted by Crippen LogP contribution is 2.29. The third-order valence-corrected chi connectivity index (χ3v) is 2.84. The number of hydrogen-bond donors (Lipinski definition) is 2. The quantitative estimate of drug-likeness (QED) is 0.665. The summed E-state index contributed by atoms with van der Waals surface area (Å²) in [6.07, 6.45) is 0. The van der Waals surface area contributed by atoms with Crippen molar-refractivity contribution in [1.29, 1.82) is 5.41 Å². The standard InChI is InChI=1S/C13H9BrF2N2O/c14-7-1-4-11(9(5-7)13(17)18)19-12-6-8(15)2-3-10(12)16/h1-6H,(H3,17,18). The maximum atomic E-state index is 13.5. The van der Waals surface area contributed by atoms with Gasteiger partial charge in [-0.3, -0.25) is 5.41 Å². The van der Waals surface area contributed by atoms with Crippen LogP contribution in [0.15, 0.2) is 40.9 Å². The third-order valence-electron chi connectivity index (χ3n) is 2.34. The van der Waals surface area contributed by atoms with Crippen molar-refractivity contribution in [2.75, 3.05) is 0 Å². The second-order valence-corrected chi connectivity index (χ2v) is 4.65. The molecule has 6 heteroatoms. The van der Waals surface area contributed by atoms with Crippen molar-refractivity contribution in [2.24, 2.45) is 5.73 Å². The van der Waals surface area contributed by atoms with Gasteiger partial charge in [-0.1, -0.05) is 15.9 Å². The van der Waals surface area contributed by atoms with Gasteiger partial charge in [0.15, 0.2) is 11.6 Å². The summed E-state index contributed by atoms with van der Waals surface area (Å²) in [4.78, 5) is 0. The zero-order chi connectivity index (χ0) is 14.0. The minimum atomic E-state index is -0.696. The molecule has 2 rings (SSSR count). The van der Waals surface area contributed by atoms with Crippen LogP contribution in [0.5, 0.6) is 11.5 Å². The minimum absolute atomic E-state index is 0.181. The molecule has 0 heterocycles. The molecular formula is C13H9BrF2N2O. The number of nitrogens with one attached hydrogen (secondary N) is 1. The number of halogens is 3. The first kappa shape index (κ1) is 13.5. The summed E-state index contributed by atoms with van der Waals surface area (Å²) in [6.45, 7) is 0. The Morgan fingerprint density at radius 1 is 1.11 bits per heavy atom. The summed E-state index contributed by atoms with van der Waals surface area (Å²) >= 11 is 3.23. The number of benzene rings is 2. The number of hydrogen-bond acceptors (Lipinski definition) is 2. The van der Waals surface area contributed by atoms with Gasteiger partial charge in [0.25, 0.3) is 0 Å². The summed E-state index contributed by atoms with van der Waals surface area (Å²) in [5.74, 6) is -1.62. The molecule has 0 spiro atoms.